The zero-order valence-corrected chi connectivity index (χ0v) is 11.1. The topological polar surface area (TPSA) is 89.3 Å². The number of nitrogens with two attached hydrogens (primary N) is 1. The maximum atomic E-state index is 11.7. The van der Waals surface area contributed by atoms with Crippen LogP contribution in [0.1, 0.15) is 46.0 Å². The lowest BCUT2D eigenvalue weighted by atomic mass is 9.82. The summed E-state index contributed by atoms with van der Waals surface area (Å²) < 4.78 is 0. The highest BCUT2D eigenvalue weighted by Crippen LogP contribution is 2.24. The maximum Gasteiger partial charge on any atom is 0.240 e. The molecule has 0 bridgehead atoms. The minimum Gasteiger partial charge on any atom is -0.368 e. The van der Waals surface area contributed by atoms with Crippen molar-refractivity contribution in [2.24, 2.45) is 17.6 Å². The molecule has 2 amide bonds. The number of rotatable bonds is 5. The Hall–Kier alpha value is -1.39. The van der Waals surface area contributed by atoms with Gasteiger partial charge < -0.3 is 11.1 Å². The van der Waals surface area contributed by atoms with Crippen molar-refractivity contribution < 1.29 is 14.4 Å². The van der Waals surface area contributed by atoms with E-state index < -0.39 is 11.9 Å². The maximum absolute atomic E-state index is 11.7. The molecule has 0 heterocycles. The molecule has 5 nitrogen and oxygen atoms in total. The zero-order chi connectivity index (χ0) is 13.7. The molecule has 0 aromatic heterocycles. The molecule has 102 valence electrons. The molecule has 1 fully saturated rings. The molecule has 0 aromatic carbocycles. The highest BCUT2D eigenvalue weighted by atomic mass is 16.2. The summed E-state index contributed by atoms with van der Waals surface area (Å²) in [5.41, 5.74) is 5.33. The van der Waals surface area contributed by atoms with Crippen LogP contribution in [0.4, 0.5) is 0 Å². The van der Waals surface area contributed by atoms with Gasteiger partial charge in [-0.2, -0.15) is 0 Å². The van der Waals surface area contributed by atoms with Crippen molar-refractivity contribution >= 4 is 17.6 Å². The lowest BCUT2D eigenvalue weighted by Crippen LogP contribution is -2.50. The average Bonchev–Trinajstić information content (AvgIpc) is 2.24. The van der Waals surface area contributed by atoms with Crippen LogP contribution in [0.2, 0.25) is 0 Å². The van der Waals surface area contributed by atoms with Gasteiger partial charge in [0.25, 0.3) is 0 Å². The van der Waals surface area contributed by atoms with E-state index >= 15 is 0 Å². The minimum absolute atomic E-state index is 0.139. The summed E-state index contributed by atoms with van der Waals surface area (Å²) in [6, 6.07) is -0.708. The van der Waals surface area contributed by atoms with Crippen molar-refractivity contribution in [3.8, 4) is 0 Å². The number of hydrogen-bond acceptors (Lipinski definition) is 3. The van der Waals surface area contributed by atoms with Gasteiger partial charge in [0, 0.05) is 19.3 Å². The number of primary amides is 1. The van der Waals surface area contributed by atoms with Crippen molar-refractivity contribution in [3.63, 3.8) is 0 Å². The van der Waals surface area contributed by atoms with Crippen molar-refractivity contribution in [2.75, 3.05) is 0 Å². The van der Waals surface area contributed by atoms with E-state index in [4.69, 9.17) is 5.73 Å². The van der Waals surface area contributed by atoms with E-state index in [-0.39, 0.29) is 23.5 Å². The first kappa shape index (κ1) is 14.7. The van der Waals surface area contributed by atoms with E-state index in [0.29, 0.717) is 19.3 Å². The first-order chi connectivity index (χ1) is 8.40. The van der Waals surface area contributed by atoms with Crippen LogP contribution in [-0.2, 0) is 14.4 Å². The van der Waals surface area contributed by atoms with Gasteiger partial charge in [0.05, 0.1) is 0 Å². The van der Waals surface area contributed by atoms with E-state index in [2.05, 4.69) is 5.32 Å². The van der Waals surface area contributed by atoms with Gasteiger partial charge in [0.15, 0.2) is 0 Å². The molecule has 0 saturated heterocycles. The fourth-order valence-electron chi connectivity index (χ4n) is 2.37. The van der Waals surface area contributed by atoms with Crippen LogP contribution in [0.25, 0.3) is 0 Å². The Morgan fingerprint density at radius 3 is 2.61 bits per heavy atom. The van der Waals surface area contributed by atoms with Gasteiger partial charge in [0.2, 0.25) is 11.8 Å². The Bertz CT molecular complexity index is 339. The van der Waals surface area contributed by atoms with Gasteiger partial charge in [-0.25, -0.2) is 0 Å². The Morgan fingerprint density at radius 2 is 2.11 bits per heavy atom. The summed E-state index contributed by atoms with van der Waals surface area (Å²) in [5, 5.41) is 2.67. The molecule has 0 unspecified atom stereocenters. The number of Topliss-reactive ketones (excluding diaryl/α,β-unsaturated/α-hetero) is 1. The van der Waals surface area contributed by atoms with Crippen LogP contribution >= 0.6 is 0 Å². The third kappa shape index (κ3) is 4.47. The predicted octanol–water partition coefficient (Wildman–Crippen LogP) is 0.762. The summed E-state index contributed by atoms with van der Waals surface area (Å²) in [6.07, 6.45) is 2.82. The predicted molar refractivity (Wildman–Crippen MR) is 67.5 cm³/mol. The summed E-state index contributed by atoms with van der Waals surface area (Å²) in [7, 11) is 0. The number of nitrogens with one attached hydrogen (secondary N) is 1. The Balaban J connectivity index is 2.62. The minimum atomic E-state index is -0.708. The Morgan fingerprint density at radius 1 is 1.44 bits per heavy atom. The van der Waals surface area contributed by atoms with Crippen molar-refractivity contribution in [1.29, 1.82) is 0 Å². The number of ketones is 1. The second kappa shape index (κ2) is 6.52. The number of carbonyl (C=O) groups excluding carboxylic acids is 3. The van der Waals surface area contributed by atoms with Crippen LogP contribution in [0.5, 0.6) is 0 Å². The fraction of sp³-hybridized carbons (Fsp3) is 0.769. The largest absolute Gasteiger partial charge is 0.368 e. The molecule has 0 aliphatic heterocycles. The summed E-state index contributed by atoms with van der Waals surface area (Å²) in [5.74, 6) is -0.486. The summed E-state index contributed by atoms with van der Waals surface area (Å²) >= 11 is 0. The molecule has 1 aliphatic carbocycles. The molecule has 5 heteroatoms. The van der Waals surface area contributed by atoms with Gasteiger partial charge in [-0.05, 0) is 24.7 Å². The highest BCUT2D eigenvalue weighted by Gasteiger charge is 2.31. The van der Waals surface area contributed by atoms with Crippen LogP contribution in [0, 0.1) is 11.8 Å². The van der Waals surface area contributed by atoms with Crippen LogP contribution in [0.3, 0.4) is 0 Å². The molecule has 1 rings (SSSR count). The third-order valence-electron chi connectivity index (χ3n) is 3.21. The van der Waals surface area contributed by atoms with Crippen molar-refractivity contribution in [1.82, 2.24) is 5.32 Å². The summed E-state index contributed by atoms with van der Waals surface area (Å²) in [4.78, 5) is 34.5. The van der Waals surface area contributed by atoms with Gasteiger partial charge in [-0.3, -0.25) is 14.4 Å². The Labute approximate surface area is 107 Å². The normalized spacial score (nSPS) is 21.7. The van der Waals surface area contributed by atoms with E-state index in [1.807, 2.05) is 13.8 Å². The molecule has 0 aromatic rings. The molecular weight excluding hydrogens is 232 g/mol. The van der Waals surface area contributed by atoms with E-state index in [1.54, 1.807) is 0 Å². The quantitative estimate of drug-likeness (QED) is 0.759. The molecule has 1 aliphatic rings. The molecule has 0 radical (unpaired) electrons. The van der Waals surface area contributed by atoms with Gasteiger partial charge in [-0.1, -0.05) is 13.8 Å². The Kier molecular flexibility index (Phi) is 5.31. The number of amides is 2. The van der Waals surface area contributed by atoms with Gasteiger partial charge in [0.1, 0.15) is 11.8 Å². The second-order valence-electron chi connectivity index (χ2n) is 5.44. The first-order valence-electron chi connectivity index (χ1n) is 6.50. The lowest BCUT2D eigenvalue weighted by Gasteiger charge is -2.28. The van der Waals surface area contributed by atoms with Crippen molar-refractivity contribution in [2.45, 2.75) is 52.0 Å². The molecule has 2 atom stereocenters. The fourth-order valence-corrected chi connectivity index (χ4v) is 2.37. The highest BCUT2D eigenvalue weighted by molar-refractivity contribution is 5.88. The second-order valence-corrected chi connectivity index (χ2v) is 5.44. The van der Waals surface area contributed by atoms with Gasteiger partial charge >= 0.3 is 0 Å². The monoisotopic (exact) mass is 254 g/mol. The first-order valence-corrected chi connectivity index (χ1v) is 6.50. The lowest BCUT2D eigenvalue weighted by molar-refractivity contribution is -0.130. The van der Waals surface area contributed by atoms with Crippen molar-refractivity contribution in [3.05, 3.63) is 0 Å². The molecular formula is C13H22N2O3. The average molecular weight is 254 g/mol. The molecule has 18 heavy (non-hydrogen) atoms. The zero-order valence-electron chi connectivity index (χ0n) is 11.1. The van der Waals surface area contributed by atoms with Crippen LogP contribution in [-0.4, -0.2) is 23.6 Å². The molecule has 0 spiro atoms. The smallest absolute Gasteiger partial charge is 0.240 e. The van der Waals surface area contributed by atoms with E-state index in [9.17, 15) is 14.4 Å². The number of hydrogen-bond donors (Lipinski definition) is 2. The third-order valence-corrected chi connectivity index (χ3v) is 3.21. The van der Waals surface area contributed by atoms with Crippen LogP contribution < -0.4 is 11.1 Å². The van der Waals surface area contributed by atoms with Crippen LogP contribution in [0.15, 0.2) is 0 Å². The van der Waals surface area contributed by atoms with Gasteiger partial charge in [-0.15, -0.1) is 0 Å². The van der Waals surface area contributed by atoms with E-state index in [0.717, 1.165) is 12.8 Å². The summed E-state index contributed by atoms with van der Waals surface area (Å²) in [6.45, 7) is 3.87. The standard InChI is InChI=1S/C13H22N2O3/c1-8(2)6-11(17)15-12(13(14)18)9-4-3-5-10(16)7-9/h8-9,12H,3-7H2,1-2H3,(H2,14,18)(H,15,17)/t9-,12+/m1/s1. The molecule has 3 N–H and O–H groups in total. The molecule has 1 saturated carbocycles. The van der Waals surface area contributed by atoms with E-state index in [1.165, 1.54) is 0 Å². The number of carbonyl (C=O) groups is 3. The SMILES string of the molecule is CC(C)CC(=O)N[C@H](C(N)=O)[C@@H]1CCCC(=O)C1.